The van der Waals surface area contributed by atoms with Crippen molar-refractivity contribution >= 4 is 34.8 Å². The van der Waals surface area contributed by atoms with Gasteiger partial charge in [0.15, 0.2) is 0 Å². The van der Waals surface area contributed by atoms with Gasteiger partial charge in [-0.1, -0.05) is 12.1 Å². The number of rotatable bonds is 5. The molecule has 0 radical (unpaired) electrons. The average molecular weight is 365 g/mol. The van der Waals surface area contributed by atoms with E-state index < -0.39 is 11.7 Å². The smallest absolute Gasteiger partial charge is 0.258 e. The van der Waals surface area contributed by atoms with Crippen LogP contribution in [0, 0.1) is 5.82 Å². The zero-order chi connectivity index (χ0) is 19.2. The lowest BCUT2D eigenvalue weighted by atomic mass is 10.2. The van der Waals surface area contributed by atoms with Crippen molar-refractivity contribution in [3.05, 3.63) is 72.3 Å². The van der Waals surface area contributed by atoms with Gasteiger partial charge in [0.2, 0.25) is 11.9 Å². The van der Waals surface area contributed by atoms with Crippen molar-refractivity contribution in [2.24, 2.45) is 0 Å². The Morgan fingerprint density at radius 2 is 1.52 bits per heavy atom. The number of benzene rings is 2. The number of nitrogens with zero attached hydrogens (tertiary/aromatic N) is 2. The van der Waals surface area contributed by atoms with Gasteiger partial charge in [-0.05, 0) is 36.4 Å². The lowest BCUT2D eigenvalue weighted by Gasteiger charge is -2.08. The van der Waals surface area contributed by atoms with Crippen LogP contribution in [0.25, 0.3) is 0 Å². The molecule has 1 heterocycles. The van der Waals surface area contributed by atoms with Crippen LogP contribution in [0.3, 0.4) is 0 Å². The molecule has 2 aromatic carbocycles. The van der Waals surface area contributed by atoms with Crippen molar-refractivity contribution in [1.29, 1.82) is 0 Å². The number of carbonyl (C=O) groups is 2. The van der Waals surface area contributed by atoms with E-state index in [4.69, 9.17) is 0 Å². The maximum Gasteiger partial charge on any atom is 0.258 e. The summed E-state index contributed by atoms with van der Waals surface area (Å²) < 4.78 is 13.2. The molecule has 2 amide bonds. The molecule has 3 aromatic rings. The standard InChI is InChI=1S/C19H16FN5O2/c1-12(26)23-16-6-3-7-17(9-16)25-19-21-10-13(11-22-19)18(27)24-15-5-2-4-14(20)8-15/h2-11H,1H3,(H,23,26)(H,24,27)(H,21,22,25). The van der Waals surface area contributed by atoms with Crippen LogP contribution in [0.15, 0.2) is 60.9 Å². The molecule has 3 N–H and O–H groups in total. The fourth-order valence-electron chi connectivity index (χ4n) is 2.29. The minimum Gasteiger partial charge on any atom is -0.326 e. The highest BCUT2D eigenvalue weighted by Gasteiger charge is 2.08. The Hall–Kier alpha value is -3.81. The molecule has 0 saturated heterocycles. The van der Waals surface area contributed by atoms with E-state index in [1.807, 2.05) is 0 Å². The first-order valence-corrected chi connectivity index (χ1v) is 8.03. The molecule has 7 nitrogen and oxygen atoms in total. The lowest BCUT2D eigenvalue weighted by molar-refractivity contribution is -0.114. The normalized spacial score (nSPS) is 10.1. The van der Waals surface area contributed by atoms with E-state index in [-0.39, 0.29) is 17.4 Å². The summed E-state index contributed by atoms with van der Waals surface area (Å²) >= 11 is 0. The van der Waals surface area contributed by atoms with Crippen molar-refractivity contribution in [2.45, 2.75) is 6.92 Å². The average Bonchev–Trinajstić information content (AvgIpc) is 2.62. The Morgan fingerprint density at radius 3 is 2.19 bits per heavy atom. The molecule has 0 aliphatic rings. The summed E-state index contributed by atoms with van der Waals surface area (Å²) in [6.45, 7) is 1.43. The fraction of sp³-hybridized carbons (Fsp3) is 0.0526. The van der Waals surface area contributed by atoms with Crippen molar-refractivity contribution in [3.63, 3.8) is 0 Å². The third-order valence-corrected chi connectivity index (χ3v) is 3.44. The molecule has 0 atom stereocenters. The second-order valence-corrected chi connectivity index (χ2v) is 5.65. The lowest BCUT2D eigenvalue weighted by Crippen LogP contribution is -2.13. The monoisotopic (exact) mass is 365 g/mol. The number of anilines is 4. The summed E-state index contributed by atoms with van der Waals surface area (Å²) in [6.07, 6.45) is 2.73. The summed E-state index contributed by atoms with van der Waals surface area (Å²) in [5.41, 5.74) is 1.89. The molecule has 136 valence electrons. The highest BCUT2D eigenvalue weighted by molar-refractivity contribution is 6.03. The SMILES string of the molecule is CC(=O)Nc1cccc(Nc2ncc(C(=O)Nc3cccc(F)c3)cn2)c1. The van der Waals surface area contributed by atoms with Gasteiger partial charge in [-0.25, -0.2) is 14.4 Å². The number of aromatic nitrogens is 2. The number of nitrogens with one attached hydrogen (secondary N) is 3. The van der Waals surface area contributed by atoms with E-state index in [1.54, 1.807) is 30.3 Å². The van der Waals surface area contributed by atoms with E-state index in [9.17, 15) is 14.0 Å². The highest BCUT2D eigenvalue weighted by Crippen LogP contribution is 2.18. The van der Waals surface area contributed by atoms with Crippen LogP contribution in [0.1, 0.15) is 17.3 Å². The molecule has 0 unspecified atom stereocenters. The van der Waals surface area contributed by atoms with Crippen LogP contribution in [-0.4, -0.2) is 21.8 Å². The van der Waals surface area contributed by atoms with E-state index in [1.165, 1.54) is 37.5 Å². The maximum absolute atomic E-state index is 13.2. The molecular formula is C19H16FN5O2. The molecule has 0 fully saturated rings. The molecule has 27 heavy (non-hydrogen) atoms. The molecule has 8 heteroatoms. The second-order valence-electron chi connectivity index (χ2n) is 5.65. The Balaban J connectivity index is 1.66. The van der Waals surface area contributed by atoms with Crippen LogP contribution in [0.4, 0.5) is 27.4 Å². The highest BCUT2D eigenvalue weighted by atomic mass is 19.1. The Kier molecular flexibility index (Phi) is 5.36. The van der Waals surface area contributed by atoms with Crippen molar-refractivity contribution < 1.29 is 14.0 Å². The first-order valence-electron chi connectivity index (χ1n) is 8.03. The van der Waals surface area contributed by atoms with Crippen LogP contribution in [-0.2, 0) is 4.79 Å². The maximum atomic E-state index is 13.2. The van der Waals surface area contributed by atoms with Gasteiger partial charge in [-0.3, -0.25) is 9.59 Å². The van der Waals surface area contributed by atoms with Crippen LogP contribution >= 0.6 is 0 Å². The molecule has 0 saturated carbocycles. The summed E-state index contributed by atoms with van der Waals surface area (Å²) in [7, 11) is 0. The van der Waals surface area contributed by atoms with E-state index >= 15 is 0 Å². The van der Waals surface area contributed by atoms with Gasteiger partial charge < -0.3 is 16.0 Å². The number of amides is 2. The number of hydrogen-bond acceptors (Lipinski definition) is 5. The van der Waals surface area contributed by atoms with E-state index in [0.29, 0.717) is 17.1 Å². The van der Waals surface area contributed by atoms with Crippen molar-refractivity contribution in [2.75, 3.05) is 16.0 Å². The van der Waals surface area contributed by atoms with Gasteiger partial charge >= 0.3 is 0 Å². The predicted molar refractivity (Wildman–Crippen MR) is 100 cm³/mol. The molecular weight excluding hydrogens is 349 g/mol. The van der Waals surface area contributed by atoms with Crippen LogP contribution < -0.4 is 16.0 Å². The topological polar surface area (TPSA) is 96.0 Å². The Labute approximate surface area is 154 Å². The predicted octanol–water partition coefficient (Wildman–Crippen LogP) is 3.57. The summed E-state index contributed by atoms with van der Waals surface area (Å²) in [5, 5.41) is 8.24. The second kappa shape index (κ2) is 8.05. The van der Waals surface area contributed by atoms with Gasteiger partial charge in [0, 0.05) is 36.4 Å². The van der Waals surface area contributed by atoms with Gasteiger partial charge in [-0.2, -0.15) is 0 Å². The van der Waals surface area contributed by atoms with Gasteiger partial charge in [-0.15, -0.1) is 0 Å². The van der Waals surface area contributed by atoms with Crippen molar-refractivity contribution in [1.82, 2.24) is 9.97 Å². The Bertz CT molecular complexity index is 976. The zero-order valence-corrected chi connectivity index (χ0v) is 14.4. The number of hydrogen-bond donors (Lipinski definition) is 3. The van der Waals surface area contributed by atoms with E-state index in [0.717, 1.165) is 0 Å². The molecule has 3 rings (SSSR count). The van der Waals surface area contributed by atoms with Crippen molar-refractivity contribution in [3.8, 4) is 0 Å². The first kappa shape index (κ1) is 18.0. The minimum absolute atomic E-state index is 0.169. The minimum atomic E-state index is -0.445. The largest absolute Gasteiger partial charge is 0.326 e. The molecule has 0 aliphatic carbocycles. The molecule has 0 spiro atoms. The van der Waals surface area contributed by atoms with Crippen LogP contribution in [0.2, 0.25) is 0 Å². The van der Waals surface area contributed by atoms with Crippen LogP contribution in [0.5, 0.6) is 0 Å². The first-order chi connectivity index (χ1) is 13.0. The molecule has 1 aromatic heterocycles. The van der Waals surface area contributed by atoms with Gasteiger partial charge in [0.25, 0.3) is 5.91 Å². The Morgan fingerprint density at radius 1 is 0.889 bits per heavy atom. The molecule has 0 bridgehead atoms. The number of carbonyl (C=O) groups excluding carboxylic acids is 2. The summed E-state index contributed by atoms with van der Waals surface area (Å²) in [4.78, 5) is 31.5. The summed E-state index contributed by atoms with van der Waals surface area (Å²) in [5.74, 6) is -0.765. The third-order valence-electron chi connectivity index (χ3n) is 3.44. The van der Waals surface area contributed by atoms with Gasteiger partial charge in [0.05, 0.1) is 5.56 Å². The van der Waals surface area contributed by atoms with Gasteiger partial charge in [0.1, 0.15) is 5.82 Å². The van der Waals surface area contributed by atoms with E-state index in [2.05, 4.69) is 25.9 Å². The zero-order valence-electron chi connectivity index (χ0n) is 14.4. The molecule has 0 aliphatic heterocycles. The number of halogens is 1. The third kappa shape index (κ3) is 5.08. The quantitative estimate of drug-likeness (QED) is 0.642. The summed E-state index contributed by atoms with van der Waals surface area (Å²) in [6, 6.07) is 12.6. The fourth-order valence-corrected chi connectivity index (χ4v) is 2.29.